The van der Waals surface area contributed by atoms with Gasteiger partial charge in [-0.05, 0) is 31.0 Å². The van der Waals surface area contributed by atoms with Gasteiger partial charge in [0.2, 0.25) is 5.91 Å². The Morgan fingerprint density at radius 3 is 2.30 bits per heavy atom. The highest BCUT2D eigenvalue weighted by molar-refractivity contribution is 5.94. The Morgan fingerprint density at radius 2 is 1.80 bits per heavy atom. The monoisotopic (exact) mass is 274 g/mol. The molecule has 0 aliphatic rings. The lowest BCUT2D eigenvalue weighted by Crippen LogP contribution is -2.24. The van der Waals surface area contributed by atoms with Crippen molar-refractivity contribution in [3.8, 4) is 0 Å². The molecule has 0 aliphatic heterocycles. The minimum absolute atomic E-state index is 0.0256. The molecule has 0 unspecified atom stereocenters. The zero-order valence-corrected chi connectivity index (χ0v) is 12.6. The first kappa shape index (κ1) is 16.0. The van der Waals surface area contributed by atoms with Crippen molar-refractivity contribution in [3.05, 3.63) is 47.0 Å². The number of carbonyl (C=O) groups is 2. The van der Waals surface area contributed by atoms with E-state index >= 15 is 0 Å². The predicted molar refractivity (Wildman–Crippen MR) is 80.4 cm³/mol. The largest absolute Gasteiger partial charge is 0.348 e. The Hall–Kier alpha value is -2.10. The highest BCUT2D eigenvalue weighted by Gasteiger charge is 2.07. The summed E-state index contributed by atoms with van der Waals surface area (Å²) in [6.45, 7) is 4.26. The van der Waals surface area contributed by atoms with Gasteiger partial charge in [0.25, 0.3) is 5.91 Å². The van der Waals surface area contributed by atoms with Gasteiger partial charge < -0.3 is 10.2 Å². The lowest BCUT2D eigenvalue weighted by atomic mass is 10.1. The third kappa shape index (κ3) is 4.53. The third-order valence-electron chi connectivity index (χ3n) is 2.93. The summed E-state index contributed by atoms with van der Waals surface area (Å²) < 4.78 is 0. The van der Waals surface area contributed by atoms with E-state index in [1.54, 1.807) is 33.2 Å². The van der Waals surface area contributed by atoms with Crippen LogP contribution < -0.4 is 5.32 Å². The Labute approximate surface area is 120 Å². The second-order valence-corrected chi connectivity index (χ2v) is 4.87. The number of amides is 2. The SMILES string of the molecule is CC/C=C(/C)C(=O)NCc1ccc(C(=O)N(C)C)cc1. The van der Waals surface area contributed by atoms with Crippen LogP contribution in [0.1, 0.15) is 36.2 Å². The molecule has 0 aromatic heterocycles. The highest BCUT2D eigenvalue weighted by Crippen LogP contribution is 2.06. The molecular formula is C16H22N2O2. The maximum atomic E-state index is 11.7. The maximum absolute atomic E-state index is 11.7. The van der Waals surface area contributed by atoms with Crippen LogP contribution in [0.15, 0.2) is 35.9 Å². The van der Waals surface area contributed by atoms with Crippen molar-refractivity contribution in [2.75, 3.05) is 14.1 Å². The van der Waals surface area contributed by atoms with E-state index in [1.807, 2.05) is 25.1 Å². The topological polar surface area (TPSA) is 49.4 Å². The lowest BCUT2D eigenvalue weighted by molar-refractivity contribution is -0.117. The first-order chi connectivity index (χ1) is 9.45. The van der Waals surface area contributed by atoms with Gasteiger partial charge >= 0.3 is 0 Å². The number of nitrogens with one attached hydrogen (secondary N) is 1. The van der Waals surface area contributed by atoms with Crippen molar-refractivity contribution in [2.45, 2.75) is 26.8 Å². The second kappa shape index (κ2) is 7.48. The van der Waals surface area contributed by atoms with E-state index in [0.29, 0.717) is 12.1 Å². The average Bonchev–Trinajstić information content (AvgIpc) is 2.44. The van der Waals surface area contributed by atoms with Gasteiger partial charge in [-0.25, -0.2) is 0 Å². The average molecular weight is 274 g/mol. The summed E-state index contributed by atoms with van der Waals surface area (Å²) in [4.78, 5) is 25.0. The molecule has 1 aromatic rings. The second-order valence-electron chi connectivity index (χ2n) is 4.87. The molecule has 0 saturated carbocycles. The van der Waals surface area contributed by atoms with Crippen molar-refractivity contribution < 1.29 is 9.59 Å². The Bertz CT molecular complexity index is 502. The van der Waals surface area contributed by atoms with Crippen LogP contribution >= 0.6 is 0 Å². The molecule has 2 amide bonds. The Balaban J connectivity index is 2.61. The number of benzene rings is 1. The number of hydrogen-bond donors (Lipinski definition) is 1. The van der Waals surface area contributed by atoms with Crippen LogP contribution in [0, 0.1) is 0 Å². The Morgan fingerprint density at radius 1 is 1.20 bits per heavy atom. The van der Waals surface area contributed by atoms with Gasteiger partial charge in [0.05, 0.1) is 0 Å². The molecule has 4 heteroatoms. The molecule has 20 heavy (non-hydrogen) atoms. The zero-order chi connectivity index (χ0) is 15.1. The van der Waals surface area contributed by atoms with Crippen molar-refractivity contribution in [2.24, 2.45) is 0 Å². The molecular weight excluding hydrogens is 252 g/mol. The molecule has 4 nitrogen and oxygen atoms in total. The fourth-order valence-electron chi connectivity index (χ4n) is 1.74. The summed E-state index contributed by atoms with van der Waals surface area (Å²) in [5.41, 5.74) is 2.34. The van der Waals surface area contributed by atoms with Crippen LogP contribution in [-0.4, -0.2) is 30.8 Å². The number of nitrogens with zero attached hydrogens (tertiary/aromatic N) is 1. The lowest BCUT2D eigenvalue weighted by Gasteiger charge is -2.11. The third-order valence-corrected chi connectivity index (χ3v) is 2.93. The van der Waals surface area contributed by atoms with Crippen LogP contribution in [0.25, 0.3) is 0 Å². The standard InChI is InChI=1S/C16H22N2O2/c1-5-6-12(2)15(19)17-11-13-7-9-14(10-8-13)16(20)18(3)4/h6-10H,5,11H2,1-4H3,(H,17,19)/b12-6-. The molecule has 0 spiro atoms. The van der Waals surface area contributed by atoms with Gasteiger partial charge in [-0.1, -0.05) is 25.1 Å². The van der Waals surface area contributed by atoms with E-state index in [-0.39, 0.29) is 11.8 Å². The highest BCUT2D eigenvalue weighted by atomic mass is 16.2. The summed E-state index contributed by atoms with van der Waals surface area (Å²) in [5, 5.41) is 2.85. The number of rotatable bonds is 5. The maximum Gasteiger partial charge on any atom is 0.253 e. The van der Waals surface area contributed by atoms with E-state index in [4.69, 9.17) is 0 Å². The molecule has 0 bridgehead atoms. The normalized spacial score (nSPS) is 11.1. The van der Waals surface area contributed by atoms with Crippen LogP contribution in [0.2, 0.25) is 0 Å². The number of hydrogen-bond acceptors (Lipinski definition) is 2. The minimum atomic E-state index is -0.0553. The molecule has 0 aliphatic carbocycles. The molecule has 1 aromatic carbocycles. The van der Waals surface area contributed by atoms with E-state index in [0.717, 1.165) is 17.6 Å². The fraction of sp³-hybridized carbons (Fsp3) is 0.375. The van der Waals surface area contributed by atoms with Gasteiger partial charge in [-0.2, -0.15) is 0 Å². The molecule has 1 N–H and O–H groups in total. The van der Waals surface area contributed by atoms with Crippen molar-refractivity contribution in [3.63, 3.8) is 0 Å². The molecule has 108 valence electrons. The fourth-order valence-corrected chi connectivity index (χ4v) is 1.74. The van der Waals surface area contributed by atoms with E-state index in [2.05, 4.69) is 5.32 Å². The van der Waals surface area contributed by atoms with Gasteiger partial charge in [0.15, 0.2) is 0 Å². The summed E-state index contributed by atoms with van der Waals surface area (Å²) in [6.07, 6.45) is 2.74. The molecule has 0 radical (unpaired) electrons. The molecule has 0 heterocycles. The molecule has 1 rings (SSSR count). The van der Waals surface area contributed by atoms with E-state index in [1.165, 1.54) is 4.90 Å². The Kier molecular flexibility index (Phi) is 5.97. The smallest absolute Gasteiger partial charge is 0.253 e. The molecule has 0 atom stereocenters. The first-order valence-electron chi connectivity index (χ1n) is 6.71. The molecule has 0 fully saturated rings. The van der Waals surface area contributed by atoms with Crippen LogP contribution in [0.5, 0.6) is 0 Å². The number of carbonyl (C=O) groups excluding carboxylic acids is 2. The van der Waals surface area contributed by atoms with Gasteiger partial charge in [-0.3, -0.25) is 9.59 Å². The van der Waals surface area contributed by atoms with Crippen molar-refractivity contribution >= 4 is 11.8 Å². The van der Waals surface area contributed by atoms with Crippen LogP contribution in [0.3, 0.4) is 0 Å². The van der Waals surface area contributed by atoms with E-state index in [9.17, 15) is 9.59 Å². The van der Waals surface area contributed by atoms with E-state index < -0.39 is 0 Å². The minimum Gasteiger partial charge on any atom is -0.348 e. The van der Waals surface area contributed by atoms with Crippen molar-refractivity contribution in [1.82, 2.24) is 10.2 Å². The molecule has 0 saturated heterocycles. The van der Waals surface area contributed by atoms with Gasteiger partial charge in [0, 0.05) is 31.8 Å². The predicted octanol–water partition coefficient (Wildman–Crippen LogP) is 2.36. The summed E-state index contributed by atoms with van der Waals surface area (Å²) in [5.74, 6) is -0.0809. The summed E-state index contributed by atoms with van der Waals surface area (Å²) in [7, 11) is 3.44. The van der Waals surface area contributed by atoms with Crippen molar-refractivity contribution in [1.29, 1.82) is 0 Å². The van der Waals surface area contributed by atoms with Crippen LogP contribution in [-0.2, 0) is 11.3 Å². The van der Waals surface area contributed by atoms with Gasteiger partial charge in [-0.15, -0.1) is 0 Å². The summed E-state index contributed by atoms with van der Waals surface area (Å²) >= 11 is 0. The zero-order valence-electron chi connectivity index (χ0n) is 12.6. The first-order valence-corrected chi connectivity index (χ1v) is 6.71. The summed E-state index contributed by atoms with van der Waals surface area (Å²) in [6, 6.07) is 7.27. The van der Waals surface area contributed by atoms with Crippen LogP contribution in [0.4, 0.5) is 0 Å². The number of allylic oxidation sites excluding steroid dienone is 1. The van der Waals surface area contributed by atoms with Gasteiger partial charge in [0.1, 0.15) is 0 Å². The quantitative estimate of drug-likeness (QED) is 0.838.